The van der Waals surface area contributed by atoms with E-state index < -0.39 is 0 Å². The summed E-state index contributed by atoms with van der Waals surface area (Å²) in [6, 6.07) is 0.329. The van der Waals surface area contributed by atoms with Crippen LogP contribution in [0.15, 0.2) is 0 Å². The highest BCUT2D eigenvalue weighted by molar-refractivity contribution is 5.00. The summed E-state index contributed by atoms with van der Waals surface area (Å²) in [7, 11) is 1.87. The third-order valence-corrected chi connectivity index (χ3v) is 5.29. The Morgan fingerprint density at radius 3 is 2.11 bits per heavy atom. The molecule has 3 unspecified atom stereocenters. The van der Waals surface area contributed by atoms with E-state index in [1.165, 1.54) is 32.1 Å². The fourth-order valence-corrected chi connectivity index (χ4v) is 4.61. The van der Waals surface area contributed by atoms with E-state index in [1.807, 2.05) is 7.11 Å². The third kappa shape index (κ3) is 2.73. The molecule has 18 heavy (non-hydrogen) atoms. The second-order valence-corrected chi connectivity index (χ2v) is 6.80. The predicted molar refractivity (Wildman–Crippen MR) is 75.0 cm³/mol. The number of rotatable bonds is 4. The molecule has 0 amide bonds. The van der Waals surface area contributed by atoms with Gasteiger partial charge in [0.15, 0.2) is 0 Å². The van der Waals surface area contributed by atoms with E-state index in [4.69, 9.17) is 10.6 Å². The molecule has 0 aromatic carbocycles. The second-order valence-electron chi connectivity index (χ2n) is 6.80. The molecule has 3 heteroatoms. The maximum atomic E-state index is 5.93. The Kier molecular flexibility index (Phi) is 4.68. The summed E-state index contributed by atoms with van der Waals surface area (Å²) in [5.74, 6) is 8.23. The molecular formula is C15H30N2O. The van der Waals surface area contributed by atoms with E-state index in [9.17, 15) is 0 Å². The summed E-state index contributed by atoms with van der Waals surface area (Å²) in [4.78, 5) is 0. The molecule has 2 fully saturated rings. The normalized spacial score (nSPS) is 37.7. The molecular weight excluding hydrogens is 224 g/mol. The maximum absolute atomic E-state index is 5.93. The number of hydrogen-bond acceptors (Lipinski definition) is 3. The van der Waals surface area contributed by atoms with Gasteiger partial charge in [-0.05, 0) is 49.9 Å². The quantitative estimate of drug-likeness (QED) is 0.599. The van der Waals surface area contributed by atoms with Gasteiger partial charge in [-0.25, -0.2) is 0 Å². The van der Waals surface area contributed by atoms with Gasteiger partial charge in [0.1, 0.15) is 0 Å². The van der Waals surface area contributed by atoms with Gasteiger partial charge in [-0.1, -0.05) is 26.7 Å². The van der Waals surface area contributed by atoms with Gasteiger partial charge in [-0.3, -0.25) is 11.3 Å². The standard InChI is InChI=1S/C15H30N2O/c1-11-8-12(2)10-13(9-11)14(17-16)15(18-3)6-4-5-7-15/h11-14,17H,4-10,16H2,1-3H3. The van der Waals surface area contributed by atoms with Crippen molar-refractivity contribution in [2.24, 2.45) is 23.6 Å². The number of ether oxygens (including phenoxy) is 1. The molecule has 3 atom stereocenters. The molecule has 0 bridgehead atoms. The van der Waals surface area contributed by atoms with Crippen LogP contribution in [0.1, 0.15) is 58.8 Å². The summed E-state index contributed by atoms with van der Waals surface area (Å²) in [6.45, 7) is 4.76. The molecule has 0 saturated heterocycles. The van der Waals surface area contributed by atoms with Crippen LogP contribution in [0.5, 0.6) is 0 Å². The Bertz CT molecular complexity index is 253. The molecule has 3 nitrogen and oxygen atoms in total. The molecule has 3 N–H and O–H groups in total. The van der Waals surface area contributed by atoms with Crippen LogP contribution in [0.4, 0.5) is 0 Å². The number of methoxy groups -OCH3 is 1. The molecule has 0 radical (unpaired) electrons. The van der Waals surface area contributed by atoms with Crippen LogP contribution in [0.25, 0.3) is 0 Å². The van der Waals surface area contributed by atoms with Crippen molar-refractivity contribution in [3.05, 3.63) is 0 Å². The summed E-state index contributed by atoms with van der Waals surface area (Å²) < 4.78 is 5.93. The first-order chi connectivity index (χ1) is 8.61. The highest BCUT2D eigenvalue weighted by Gasteiger charge is 2.46. The van der Waals surface area contributed by atoms with E-state index >= 15 is 0 Å². The molecule has 2 saturated carbocycles. The Labute approximate surface area is 112 Å². The summed E-state index contributed by atoms with van der Waals surface area (Å²) in [5.41, 5.74) is 3.12. The van der Waals surface area contributed by atoms with Gasteiger partial charge in [-0.15, -0.1) is 0 Å². The lowest BCUT2D eigenvalue weighted by molar-refractivity contribution is -0.0615. The number of nitrogens with one attached hydrogen (secondary N) is 1. The first-order valence-electron chi connectivity index (χ1n) is 7.62. The number of hydrogen-bond donors (Lipinski definition) is 2. The zero-order valence-corrected chi connectivity index (χ0v) is 12.2. The summed E-state index contributed by atoms with van der Waals surface area (Å²) in [6.07, 6.45) is 8.85. The maximum Gasteiger partial charge on any atom is 0.0847 e. The Morgan fingerprint density at radius 1 is 1.11 bits per heavy atom. The fraction of sp³-hybridized carbons (Fsp3) is 1.00. The van der Waals surface area contributed by atoms with Gasteiger partial charge in [0.05, 0.1) is 11.6 Å². The van der Waals surface area contributed by atoms with Crippen molar-refractivity contribution in [2.75, 3.05) is 7.11 Å². The summed E-state index contributed by atoms with van der Waals surface area (Å²) >= 11 is 0. The van der Waals surface area contributed by atoms with Crippen LogP contribution in [0, 0.1) is 17.8 Å². The van der Waals surface area contributed by atoms with E-state index in [2.05, 4.69) is 19.3 Å². The zero-order valence-electron chi connectivity index (χ0n) is 12.2. The lowest BCUT2D eigenvalue weighted by atomic mass is 9.69. The van der Waals surface area contributed by atoms with Crippen LogP contribution in [0.2, 0.25) is 0 Å². The first-order valence-corrected chi connectivity index (χ1v) is 7.62. The largest absolute Gasteiger partial charge is 0.377 e. The molecule has 0 spiro atoms. The van der Waals surface area contributed by atoms with Crippen LogP contribution >= 0.6 is 0 Å². The lowest BCUT2D eigenvalue weighted by Crippen LogP contribution is -2.58. The molecule has 106 valence electrons. The zero-order chi connectivity index (χ0) is 13.2. The highest BCUT2D eigenvalue weighted by atomic mass is 16.5. The molecule has 0 aromatic heterocycles. The predicted octanol–water partition coefficient (Wildman–Crippen LogP) is 2.85. The van der Waals surface area contributed by atoms with E-state index in [1.54, 1.807) is 0 Å². The number of hydrazine groups is 1. The molecule has 0 aromatic rings. The van der Waals surface area contributed by atoms with Gasteiger partial charge in [0, 0.05) is 7.11 Å². The van der Waals surface area contributed by atoms with Gasteiger partial charge >= 0.3 is 0 Å². The van der Waals surface area contributed by atoms with E-state index in [0.717, 1.165) is 24.7 Å². The van der Waals surface area contributed by atoms with Gasteiger partial charge in [-0.2, -0.15) is 0 Å². The monoisotopic (exact) mass is 254 g/mol. The van der Waals surface area contributed by atoms with Crippen molar-refractivity contribution in [1.29, 1.82) is 0 Å². The van der Waals surface area contributed by atoms with Crippen molar-refractivity contribution in [3.63, 3.8) is 0 Å². The Balaban J connectivity index is 2.11. The highest BCUT2D eigenvalue weighted by Crippen LogP contribution is 2.43. The van der Waals surface area contributed by atoms with Gasteiger partial charge in [0.25, 0.3) is 0 Å². The van der Waals surface area contributed by atoms with E-state index in [0.29, 0.717) is 12.0 Å². The van der Waals surface area contributed by atoms with Gasteiger partial charge < -0.3 is 4.74 Å². The molecule has 0 heterocycles. The fourth-order valence-electron chi connectivity index (χ4n) is 4.61. The van der Waals surface area contributed by atoms with Crippen molar-refractivity contribution in [2.45, 2.75) is 70.4 Å². The minimum absolute atomic E-state index is 0.00377. The minimum Gasteiger partial charge on any atom is -0.377 e. The van der Waals surface area contributed by atoms with E-state index in [-0.39, 0.29) is 5.60 Å². The minimum atomic E-state index is -0.00377. The van der Waals surface area contributed by atoms with Gasteiger partial charge in [0.2, 0.25) is 0 Å². The number of nitrogens with two attached hydrogens (primary N) is 1. The van der Waals surface area contributed by atoms with Crippen molar-refractivity contribution >= 4 is 0 Å². The van der Waals surface area contributed by atoms with Crippen molar-refractivity contribution in [3.8, 4) is 0 Å². The third-order valence-electron chi connectivity index (χ3n) is 5.29. The van der Waals surface area contributed by atoms with Crippen LogP contribution in [-0.4, -0.2) is 18.8 Å². The summed E-state index contributed by atoms with van der Waals surface area (Å²) in [5, 5.41) is 0. The Morgan fingerprint density at radius 2 is 1.67 bits per heavy atom. The average Bonchev–Trinajstić information content (AvgIpc) is 2.78. The average molecular weight is 254 g/mol. The second kappa shape index (κ2) is 5.89. The SMILES string of the molecule is COC1(C(NN)C2CC(C)CC(C)C2)CCCC1. The van der Waals surface area contributed by atoms with Crippen LogP contribution in [-0.2, 0) is 4.74 Å². The molecule has 0 aliphatic heterocycles. The molecule has 2 aliphatic carbocycles. The van der Waals surface area contributed by atoms with Crippen molar-refractivity contribution in [1.82, 2.24) is 5.43 Å². The smallest absolute Gasteiger partial charge is 0.0847 e. The molecule has 2 rings (SSSR count). The van der Waals surface area contributed by atoms with Crippen molar-refractivity contribution < 1.29 is 4.74 Å². The molecule has 2 aliphatic rings. The first kappa shape index (κ1) is 14.3. The topological polar surface area (TPSA) is 47.3 Å². The van der Waals surface area contributed by atoms with Crippen LogP contribution in [0.3, 0.4) is 0 Å². The van der Waals surface area contributed by atoms with Crippen LogP contribution < -0.4 is 11.3 Å². The lowest BCUT2D eigenvalue weighted by Gasteiger charge is -2.44. The Hall–Kier alpha value is -0.120.